The smallest absolute Gasteiger partial charge is 0.181 e. The Morgan fingerprint density at radius 2 is 2.32 bits per heavy atom. The number of nitrogens with two attached hydrogens (primary N) is 1. The molecular weight excluding hydrogens is 247 g/mol. The first-order chi connectivity index (χ1) is 9.17. The lowest BCUT2D eigenvalue weighted by Crippen LogP contribution is -2.21. The second kappa shape index (κ2) is 4.53. The van der Waals surface area contributed by atoms with Gasteiger partial charge in [-0.05, 0) is 24.6 Å². The van der Waals surface area contributed by atoms with E-state index in [-0.39, 0.29) is 6.54 Å². The number of benzene rings is 1. The fourth-order valence-electron chi connectivity index (χ4n) is 2.27. The highest BCUT2D eigenvalue weighted by molar-refractivity contribution is 5.66. The average molecular weight is 262 g/mol. The number of aryl methyl sites for hydroxylation is 1. The Morgan fingerprint density at radius 3 is 3.05 bits per heavy atom. The molecule has 5 nitrogen and oxygen atoms in total. The molecule has 100 valence electrons. The Kier molecular flexibility index (Phi) is 2.85. The molecule has 1 atom stereocenters. The van der Waals surface area contributed by atoms with Gasteiger partial charge in [0.2, 0.25) is 0 Å². The maximum absolute atomic E-state index is 13.3. The van der Waals surface area contributed by atoms with Crippen LogP contribution in [0.1, 0.15) is 12.2 Å². The molecule has 0 saturated carbocycles. The van der Waals surface area contributed by atoms with E-state index in [4.69, 9.17) is 10.5 Å². The van der Waals surface area contributed by atoms with Crippen LogP contribution in [-0.2, 0) is 13.0 Å². The maximum Gasteiger partial charge on any atom is 0.181 e. The van der Waals surface area contributed by atoms with Gasteiger partial charge in [0.25, 0.3) is 0 Å². The predicted molar refractivity (Wildman–Crippen MR) is 69.6 cm³/mol. The number of rotatable bonds is 2. The highest BCUT2D eigenvalue weighted by atomic mass is 19.1. The van der Waals surface area contributed by atoms with Crippen LogP contribution in [0.5, 0.6) is 5.75 Å². The summed E-state index contributed by atoms with van der Waals surface area (Å²) in [4.78, 5) is 4.44. The highest BCUT2D eigenvalue weighted by Crippen LogP contribution is 2.27. The lowest BCUT2D eigenvalue weighted by atomic mass is 10.1. The number of anilines is 1. The van der Waals surface area contributed by atoms with E-state index in [0.29, 0.717) is 30.1 Å². The summed E-state index contributed by atoms with van der Waals surface area (Å²) in [5.74, 6) is 2.04. The van der Waals surface area contributed by atoms with Crippen LogP contribution in [0.4, 0.5) is 10.1 Å². The minimum absolute atomic E-state index is 0.286. The topological polar surface area (TPSA) is 66.0 Å². The van der Waals surface area contributed by atoms with E-state index in [1.807, 2.05) is 6.07 Å². The number of nitrogen functional groups attached to an aromatic ring is 1. The van der Waals surface area contributed by atoms with E-state index >= 15 is 0 Å². The number of ether oxygens (including phenoxy) is 1. The van der Waals surface area contributed by atoms with Crippen LogP contribution in [0.2, 0.25) is 0 Å². The molecule has 3 rings (SSSR count). The molecule has 1 aromatic carbocycles. The van der Waals surface area contributed by atoms with Crippen molar-refractivity contribution in [2.24, 2.45) is 0 Å². The summed E-state index contributed by atoms with van der Waals surface area (Å²) in [7, 11) is 1.57. The van der Waals surface area contributed by atoms with Gasteiger partial charge >= 0.3 is 0 Å². The quantitative estimate of drug-likeness (QED) is 0.838. The summed E-state index contributed by atoms with van der Waals surface area (Å²) in [5.41, 5.74) is 7.22. The molecule has 2 N–H and O–H groups in total. The number of methoxy groups -OCH3 is 1. The number of nitrogens with zero attached hydrogens (tertiary/aromatic N) is 3. The monoisotopic (exact) mass is 262 g/mol. The zero-order chi connectivity index (χ0) is 13.4. The summed E-state index contributed by atoms with van der Waals surface area (Å²) in [6.07, 6.45) is 0.311. The third-order valence-electron chi connectivity index (χ3n) is 3.29. The molecule has 0 fully saturated rings. The van der Waals surface area contributed by atoms with Crippen LogP contribution in [-0.4, -0.2) is 28.0 Å². The van der Waals surface area contributed by atoms with E-state index in [2.05, 4.69) is 10.1 Å². The molecule has 0 amide bonds. The molecule has 6 heteroatoms. The van der Waals surface area contributed by atoms with Gasteiger partial charge in [-0.15, -0.1) is 0 Å². The van der Waals surface area contributed by atoms with Crippen molar-refractivity contribution < 1.29 is 9.13 Å². The van der Waals surface area contributed by atoms with Crippen LogP contribution in [0, 0.1) is 0 Å². The van der Waals surface area contributed by atoms with Gasteiger partial charge in [0.15, 0.2) is 5.82 Å². The normalized spacial score (nSPS) is 18.1. The second-order valence-corrected chi connectivity index (χ2v) is 4.63. The van der Waals surface area contributed by atoms with Gasteiger partial charge in [-0.2, -0.15) is 5.10 Å². The van der Waals surface area contributed by atoms with E-state index in [0.717, 1.165) is 11.4 Å². The average Bonchev–Trinajstić information content (AvgIpc) is 2.81. The van der Waals surface area contributed by atoms with Crippen LogP contribution >= 0.6 is 0 Å². The molecule has 0 aliphatic carbocycles. The van der Waals surface area contributed by atoms with Crippen LogP contribution in [0.15, 0.2) is 18.2 Å². The number of hydrogen-bond donors (Lipinski definition) is 1. The Hall–Kier alpha value is -2.11. The molecule has 0 radical (unpaired) electrons. The Bertz CT molecular complexity index is 611. The maximum atomic E-state index is 13.3. The van der Waals surface area contributed by atoms with Crippen LogP contribution in [0.25, 0.3) is 11.4 Å². The van der Waals surface area contributed by atoms with Gasteiger partial charge in [0.1, 0.15) is 17.7 Å². The van der Waals surface area contributed by atoms with Gasteiger partial charge in [0, 0.05) is 12.0 Å². The summed E-state index contributed by atoms with van der Waals surface area (Å²) in [6, 6.07) is 5.40. The summed E-state index contributed by atoms with van der Waals surface area (Å²) in [6.45, 7) is 0.286. The summed E-state index contributed by atoms with van der Waals surface area (Å²) in [5, 5.41) is 4.34. The third-order valence-corrected chi connectivity index (χ3v) is 3.29. The Labute approximate surface area is 110 Å². The van der Waals surface area contributed by atoms with Crippen molar-refractivity contribution in [2.45, 2.75) is 25.6 Å². The van der Waals surface area contributed by atoms with E-state index < -0.39 is 6.17 Å². The minimum atomic E-state index is -0.831. The lowest BCUT2D eigenvalue weighted by Gasteiger charge is -2.14. The SMILES string of the molecule is COc1ccc(-c2nc3n(n2)CC(F)CC3)cc1N. The predicted octanol–water partition coefficient (Wildman–Crippen LogP) is 1.82. The van der Waals surface area contributed by atoms with Crippen LogP contribution in [0.3, 0.4) is 0 Å². The van der Waals surface area contributed by atoms with Gasteiger partial charge < -0.3 is 10.5 Å². The highest BCUT2D eigenvalue weighted by Gasteiger charge is 2.21. The molecule has 1 aliphatic heterocycles. The lowest BCUT2D eigenvalue weighted by molar-refractivity contribution is 0.242. The first-order valence-electron chi connectivity index (χ1n) is 6.19. The summed E-state index contributed by atoms with van der Waals surface area (Å²) >= 11 is 0. The fourth-order valence-corrected chi connectivity index (χ4v) is 2.27. The first kappa shape index (κ1) is 12.0. The largest absolute Gasteiger partial charge is 0.495 e. The molecule has 0 saturated heterocycles. The van der Waals surface area contributed by atoms with Gasteiger partial charge in [-0.25, -0.2) is 14.1 Å². The number of halogens is 1. The Morgan fingerprint density at radius 1 is 1.47 bits per heavy atom. The zero-order valence-corrected chi connectivity index (χ0v) is 10.6. The van der Waals surface area contributed by atoms with Crippen molar-refractivity contribution in [2.75, 3.05) is 12.8 Å². The van der Waals surface area contributed by atoms with Gasteiger partial charge in [-0.1, -0.05) is 0 Å². The molecule has 2 heterocycles. The minimum Gasteiger partial charge on any atom is -0.495 e. The van der Waals surface area contributed by atoms with E-state index in [9.17, 15) is 4.39 Å². The molecule has 1 aliphatic rings. The second-order valence-electron chi connectivity index (χ2n) is 4.63. The number of hydrogen-bond acceptors (Lipinski definition) is 4. The Balaban J connectivity index is 1.96. The van der Waals surface area contributed by atoms with Gasteiger partial charge in [-0.3, -0.25) is 0 Å². The zero-order valence-electron chi connectivity index (χ0n) is 10.6. The summed E-state index contributed by atoms with van der Waals surface area (Å²) < 4.78 is 20.1. The van der Waals surface area contributed by atoms with Crippen molar-refractivity contribution >= 4 is 5.69 Å². The van der Waals surface area contributed by atoms with E-state index in [1.165, 1.54) is 0 Å². The van der Waals surface area contributed by atoms with Crippen LogP contribution < -0.4 is 10.5 Å². The molecule has 0 spiro atoms. The molecule has 19 heavy (non-hydrogen) atoms. The molecule has 1 aromatic heterocycles. The van der Waals surface area contributed by atoms with Gasteiger partial charge in [0.05, 0.1) is 19.3 Å². The molecule has 2 aromatic rings. The number of alkyl halides is 1. The van der Waals surface area contributed by atoms with Crippen molar-refractivity contribution in [1.29, 1.82) is 0 Å². The number of aromatic nitrogens is 3. The van der Waals surface area contributed by atoms with E-state index in [1.54, 1.807) is 23.9 Å². The molecular formula is C13H15FN4O. The van der Waals surface area contributed by atoms with Crippen molar-refractivity contribution in [3.63, 3.8) is 0 Å². The van der Waals surface area contributed by atoms with Crippen molar-refractivity contribution in [1.82, 2.24) is 14.8 Å². The molecule has 1 unspecified atom stereocenters. The molecule has 0 bridgehead atoms. The first-order valence-corrected chi connectivity index (χ1v) is 6.19. The third kappa shape index (κ3) is 2.14. The van der Waals surface area contributed by atoms with Crippen molar-refractivity contribution in [3.8, 4) is 17.1 Å². The van der Waals surface area contributed by atoms with Crippen molar-refractivity contribution in [3.05, 3.63) is 24.0 Å². The standard InChI is InChI=1S/C13H15FN4O/c1-19-11-4-2-8(6-10(11)15)13-16-12-5-3-9(14)7-18(12)17-13/h2,4,6,9H,3,5,7,15H2,1H3. The fraction of sp³-hybridized carbons (Fsp3) is 0.385. The number of fused-ring (bicyclic) bond motifs is 1.